The van der Waals surface area contributed by atoms with Gasteiger partial charge in [0.1, 0.15) is 0 Å². The van der Waals surface area contributed by atoms with Crippen molar-refractivity contribution < 1.29 is 19.1 Å². The molecule has 2 heterocycles. The van der Waals surface area contributed by atoms with Crippen molar-refractivity contribution in [2.75, 3.05) is 37.4 Å². The van der Waals surface area contributed by atoms with E-state index in [0.29, 0.717) is 65.7 Å². The second-order valence-electron chi connectivity index (χ2n) is 8.74. The summed E-state index contributed by atoms with van der Waals surface area (Å²) in [6.07, 6.45) is 1.69. The lowest BCUT2D eigenvalue weighted by atomic mass is 10.1. The number of carbonyl (C=O) groups is 3. The molecule has 3 amide bonds. The highest BCUT2D eigenvalue weighted by Gasteiger charge is 2.22. The second kappa shape index (κ2) is 13.4. The Bertz CT molecular complexity index is 1360. The monoisotopic (exact) mass is 568 g/mol. The summed E-state index contributed by atoms with van der Waals surface area (Å²) in [6.45, 7) is 8.11. The van der Waals surface area contributed by atoms with Gasteiger partial charge in [-0.2, -0.15) is 0 Å². The van der Waals surface area contributed by atoms with Gasteiger partial charge in [-0.05, 0) is 37.3 Å². The van der Waals surface area contributed by atoms with Crippen LogP contribution in [0.2, 0.25) is 5.02 Å². The normalized spacial score (nSPS) is 13.9. The van der Waals surface area contributed by atoms with E-state index < -0.39 is 6.04 Å². The maximum Gasteiger partial charge on any atom is 0.254 e. The predicted molar refractivity (Wildman–Crippen MR) is 150 cm³/mol. The van der Waals surface area contributed by atoms with E-state index in [2.05, 4.69) is 27.4 Å². The Labute approximate surface area is 235 Å². The number of hydrogen-bond donors (Lipinski definition) is 2. The number of hydrogen-bond acceptors (Lipinski definition) is 7. The summed E-state index contributed by atoms with van der Waals surface area (Å²) in [4.78, 5) is 39.9. The minimum atomic E-state index is -0.476. The lowest BCUT2D eigenvalue weighted by Crippen LogP contribution is -2.40. The third-order valence-corrected chi connectivity index (χ3v) is 7.23. The number of halogens is 1. The third kappa shape index (κ3) is 7.25. The number of nitrogens with zero attached hydrogens (tertiary/aromatic N) is 4. The van der Waals surface area contributed by atoms with Gasteiger partial charge in [0, 0.05) is 30.9 Å². The minimum absolute atomic E-state index is 0.0667. The first-order valence-electron chi connectivity index (χ1n) is 12.4. The number of allylic oxidation sites excluding steroid dienone is 1. The molecule has 1 atom stereocenters. The first-order valence-corrected chi connectivity index (χ1v) is 13.7. The Balaban J connectivity index is 1.37. The molecule has 204 valence electrons. The van der Waals surface area contributed by atoms with Gasteiger partial charge in [0.05, 0.1) is 35.6 Å². The summed E-state index contributed by atoms with van der Waals surface area (Å²) in [5.41, 5.74) is 1.40. The fraction of sp³-hybridized carbons (Fsp3) is 0.296. The van der Waals surface area contributed by atoms with Gasteiger partial charge in [-0.15, -0.1) is 16.8 Å². The Kier molecular flexibility index (Phi) is 9.74. The number of nitrogens with one attached hydrogen (secondary N) is 2. The molecule has 12 heteroatoms. The molecular weight excluding hydrogens is 540 g/mol. The topological polar surface area (TPSA) is 118 Å². The van der Waals surface area contributed by atoms with Gasteiger partial charge in [-0.1, -0.05) is 47.6 Å². The fourth-order valence-corrected chi connectivity index (χ4v) is 4.99. The van der Waals surface area contributed by atoms with E-state index in [0.717, 1.165) is 0 Å². The molecular formula is C27H29ClN6O4S. The number of benzene rings is 2. The molecule has 39 heavy (non-hydrogen) atoms. The summed E-state index contributed by atoms with van der Waals surface area (Å²) in [5, 5.41) is 15.1. The van der Waals surface area contributed by atoms with Crippen LogP contribution in [-0.4, -0.2) is 69.4 Å². The summed E-state index contributed by atoms with van der Waals surface area (Å²) in [7, 11) is 0. The van der Waals surface area contributed by atoms with Crippen LogP contribution in [0.5, 0.6) is 0 Å². The van der Waals surface area contributed by atoms with E-state index >= 15 is 0 Å². The molecule has 0 radical (unpaired) electrons. The lowest BCUT2D eigenvalue weighted by molar-refractivity contribution is -0.113. The average molecular weight is 569 g/mol. The number of morpholine rings is 1. The zero-order valence-corrected chi connectivity index (χ0v) is 23.0. The molecule has 0 saturated carbocycles. The van der Waals surface area contributed by atoms with Crippen LogP contribution < -0.4 is 10.6 Å². The van der Waals surface area contributed by atoms with E-state index in [1.807, 2.05) is 0 Å². The van der Waals surface area contributed by atoms with Gasteiger partial charge < -0.3 is 24.8 Å². The minimum Gasteiger partial charge on any atom is -0.378 e. The lowest BCUT2D eigenvalue weighted by Gasteiger charge is -2.27. The zero-order valence-electron chi connectivity index (χ0n) is 21.4. The first kappa shape index (κ1) is 28.3. The number of carbonyl (C=O) groups excluding carboxylic acids is 3. The van der Waals surface area contributed by atoms with Gasteiger partial charge >= 0.3 is 0 Å². The average Bonchev–Trinajstić information content (AvgIpc) is 3.35. The molecule has 1 aliphatic rings. The van der Waals surface area contributed by atoms with E-state index in [4.69, 9.17) is 16.3 Å². The molecule has 3 aromatic rings. The Morgan fingerprint density at radius 1 is 1.15 bits per heavy atom. The van der Waals surface area contributed by atoms with Crippen LogP contribution in [0.1, 0.15) is 39.5 Å². The number of anilines is 1. The molecule has 1 aromatic heterocycles. The molecule has 4 rings (SSSR count). The molecule has 0 bridgehead atoms. The second-order valence-corrected chi connectivity index (χ2v) is 10.1. The standard InChI is InChI=1S/C27H29ClN6O4S/c1-3-11-34-24(18(2)29-25(36)21-9-4-5-10-22(21)28)31-32-27(34)39-17-23(35)30-20-8-6-7-19(16-20)26(37)33-12-14-38-15-13-33/h3-10,16,18H,1,11-15,17H2,2H3,(H,29,36)(H,30,35)/t18-/m0/s1. The van der Waals surface area contributed by atoms with Crippen molar-refractivity contribution in [1.29, 1.82) is 0 Å². The maximum absolute atomic E-state index is 12.8. The van der Waals surface area contributed by atoms with Crippen LogP contribution in [-0.2, 0) is 16.1 Å². The van der Waals surface area contributed by atoms with Crippen molar-refractivity contribution in [2.45, 2.75) is 24.7 Å². The molecule has 1 saturated heterocycles. The van der Waals surface area contributed by atoms with Crippen molar-refractivity contribution >= 4 is 46.8 Å². The van der Waals surface area contributed by atoms with Gasteiger partial charge in [-0.3, -0.25) is 14.4 Å². The smallest absolute Gasteiger partial charge is 0.254 e. The van der Waals surface area contributed by atoms with Crippen LogP contribution in [0.4, 0.5) is 5.69 Å². The number of amides is 3. The van der Waals surface area contributed by atoms with E-state index in [-0.39, 0.29) is 23.5 Å². The zero-order chi connectivity index (χ0) is 27.8. The molecule has 2 aromatic carbocycles. The van der Waals surface area contributed by atoms with Crippen molar-refractivity contribution in [3.05, 3.63) is 83.2 Å². The molecule has 1 fully saturated rings. The Hall–Kier alpha value is -3.67. The van der Waals surface area contributed by atoms with Crippen LogP contribution >= 0.6 is 23.4 Å². The Morgan fingerprint density at radius 3 is 2.67 bits per heavy atom. The Morgan fingerprint density at radius 2 is 1.92 bits per heavy atom. The van der Waals surface area contributed by atoms with Gasteiger partial charge in [0.2, 0.25) is 5.91 Å². The summed E-state index contributed by atoms with van der Waals surface area (Å²) in [5.74, 6) is -0.0934. The predicted octanol–water partition coefficient (Wildman–Crippen LogP) is 3.81. The first-order chi connectivity index (χ1) is 18.9. The number of rotatable bonds is 10. The highest BCUT2D eigenvalue weighted by Crippen LogP contribution is 2.23. The molecule has 10 nitrogen and oxygen atoms in total. The third-order valence-electron chi connectivity index (χ3n) is 5.93. The largest absolute Gasteiger partial charge is 0.378 e. The van der Waals surface area contributed by atoms with Crippen molar-refractivity contribution in [2.24, 2.45) is 0 Å². The number of thioether (sulfide) groups is 1. The van der Waals surface area contributed by atoms with Crippen molar-refractivity contribution in [3.63, 3.8) is 0 Å². The quantitative estimate of drug-likeness (QED) is 0.282. The van der Waals surface area contributed by atoms with Crippen LogP contribution in [0.3, 0.4) is 0 Å². The summed E-state index contributed by atoms with van der Waals surface area (Å²) < 4.78 is 7.11. The van der Waals surface area contributed by atoms with Crippen LogP contribution in [0, 0.1) is 0 Å². The molecule has 0 spiro atoms. The highest BCUT2D eigenvalue weighted by molar-refractivity contribution is 7.99. The fourth-order valence-electron chi connectivity index (χ4n) is 4.02. The number of aromatic nitrogens is 3. The molecule has 0 unspecified atom stereocenters. The van der Waals surface area contributed by atoms with E-state index in [1.54, 1.807) is 71.0 Å². The summed E-state index contributed by atoms with van der Waals surface area (Å²) >= 11 is 7.36. The SMILES string of the molecule is C=CCn1c(SCC(=O)Nc2cccc(C(=O)N3CCOCC3)c2)nnc1[C@H](C)NC(=O)c1ccccc1Cl. The molecule has 0 aliphatic carbocycles. The van der Waals surface area contributed by atoms with Gasteiger partial charge in [0.15, 0.2) is 11.0 Å². The number of ether oxygens (including phenoxy) is 1. The van der Waals surface area contributed by atoms with Gasteiger partial charge in [-0.25, -0.2) is 0 Å². The molecule has 2 N–H and O–H groups in total. The van der Waals surface area contributed by atoms with Crippen molar-refractivity contribution in [3.8, 4) is 0 Å². The van der Waals surface area contributed by atoms with E-state index in [9.17, 15) is 14.4 Å². The molecule has 1 aliphatic heterocycles. The maximum atomic E-state index is 12.8. The van der Waals surface area contributed by atoms with Gasteiger partial charge in [0.25, 0.3) is 11.8 Å². The van der Waals surface area contributed by atoms with Crippen LogP contribution in [0.25, 0.3) is 0 Å². The highest BCUT2D eigenvalue weighted by atomic mass is 35.5. The van der Waals surface area contributed by atoms with E-state index in [1.165, 1.54) is 11.8 Å². The summed E-state index contributed by atoms with van der Waals surface area (Å²) in [6, 6.07) is 13.2. The van der Waals surface area contributed by atoms with Crippen LogP contribution in [0.15, 0.2) is 66.3 Å². The van der Waals surface area contributed by atoms with Crippen molar-refractivity contribution in [1.82, 2.24) is 25.0 Å².